The number of hydrogen-bond donors (Lipinski definition) is 2. The summed E-state index contributed by atoms with van der Waals surface area (Å²) in [5.41, 5.74) is 8.29. The van der Waals surface area contributed by atoms with Crippen molar-refractivity contribution < 1.29 is 4.79 Å². The van der Waals surface area contributed by atoms with Crippen LogP contribution in [0.4, 0.5) is 5.82 Å². The number of unbranched alkanes of at least 4 members (excludes halogenated alkanes) is 1. The van der Waals surface area contributed by atoms with Gasteiger partial charge in [0.1, 0.15) is 11.5 Å². The summed E-state index contributed by atoms with van der Waals surface area (Å²) in [6, 6.07) is 10.1. The van der Waals surface area contributed by atoms with Crippen LogP contribution in [0.2, 0.25) is 0 Å². The third-order valence-electron chi connectivity index (χ3n) is 3.84. The lowest BCUT2D eigenvalue weighted by atomic mass is 10.1. The summed E-state index contributed by atoms with van der Waals surface area (Å²) in [6.07, 6.45) is 6.70. The summed E-state index contributed by atoms with van der Waals surface area (Å²) in [6.45, 7) is 6.43. The summed E-state index contributed by atoms with van der Waals surface area (Å²) >= 11 is 0. The molecule has 7 heteroatoms. The highest BCUT2D eigenvalue weighted by Gasteiger charge is 2.16. The molecule has 27 heavy (non-hydrogen) atoms. The fourth-order valence-electron chi connectivity index (χ4n) is 2.36. The zero-order chi connectivity index (χ0) is 20.2. The van der Waals surface area contributed by atoms with Gasteiger partial charge in [0.25, 0.3) is 0 Å². The largest absolute Gasteiger partial charge is 0.373 e. The highest BCUT2D eigenvalue weighted by Crippen LogP contribution is 2.29. The van der Waals surface area contributed by atoms with E-state index in [2.05, 4.69) is 36.9 Å². The van der Waals surface area contributed by atoms with Gasteiger partial charge in [-0.05, 0) is 19.1 Å². The van der Waals surface area contributed by atoms with Gasteiger partial charge in [0.15, 0.2) is 0 Å². The molecule has 2 aromatic heterocycles. The predicted molar refractivity (Wildman–Crippen MR) is 111 cm³/mol. The molecule has 0 aliphatic rings. The van der Waals surface area contributed by atoms with Crippen LogP contribution in [0.15, 0.2) is 42.7 Å². The Morgan fingerprint density at radius 2 is 1.78 bits per heavy atom. The molecule has 7 nitrogen and oxygen atoms in total. The minimum Gasteiger partial charge on any atom is -0.373 e. The first-order chi connectivity index (χ1) is 13.0. The van der Waals surface area contributed by atoms with Crippen molar-refractivity contribution in [2.24, 2.45) is 12.8 Å². The molecule has 3 N–H and O–H groups in total. The number of carbonyl (C=O) groups is 1. The maximum Gasteiger partial charge on any atom is 0.204 e. The maximum absolute atomic E-state index is 8.58. The van der Waals surface area contributed by atoms with Crippen LogP contribution in [0.1, 0.15) is 32.3 Å². The fraction of sp³-hybridized carbons (Fsp3) is 0.350. The lowest BCUT2D eigenvalue weighted by molar-refractivity contribution is -0.106. The number of nitrogens with zero attached hydrogens (tertiary/aromatic N) is 4. The lowest BCUT2D eigenvalue weighted by Gasteiger charge is -2.06. The highest BCUT2D eigenvalue weighted by molar-refractivity contribution is 5.69. The Bertz CT molecular complexity index is 805. The molecule has 0 saturated heterocycles. The van der Waals surface area contributed by atoms with E-state index >= 15 is 0 Å². The number of nitrogens with one attached hydrogen (secondary N) is 1. The first-order valence-electron chi connectivity index (χ1n) is 9.01. The molecule has 1 aromatic carbocycles. The lowest BCUT2D eigenvalue weighted by Crippen LogP contribution is -2.02. The molecule has 2 heterocycles. The monoisotopic (exact) mass is 370 g/mol. The number of carbonyl (C=O) groups excluding carboxylic acids is 1. The van der Waals surface area contributed by atoms with E-state index in [1.807, 2.05) is 61.5 Å². The van der Waals surface area contributed by atoms with E-state index in [0.717, 1.165) is 28.3 Å². The van der Waals surface area contributed by atoms with E-state index in [-0.39, 0.29) is 6.41 Å². The van der Waals surface area contributed by atoms with Crippen LogP contribution in [-0.2, 0) is 11.8 Å². The van der Waals surface area contributed by atoms with Crippen LogP contribution >= 0.6 is 0 Å². The Kier molecular flexibility index (Phi) is 9.36. The van der Waals surface area contributed by atoms with Crippen molar-refractivity contribution in [1.82, 2.24) is 19.6 Å². The molecule has 3 aromatic rings. The van der Waals surface area contributed by atoms with Gasteiger partial charge in [0.2, 0.25) is 6.41 Å². The van der Waals surface area contributed by atoms with Gasteiger partial charge in [-0.2, -0.15) is 10.2 Å². The number of aryl methyl sites for hydroxylation is 1. The van der Waals surface area contributed by atoms with Crippen molar-refractivity contribution in [2.75, 3.05) is 12.4 Å². The summed E-state index contributed by atoms with van der Waals surface area (Å²) in [4.78, 5) is 8.58. The fourth-order valence-corrected chi connectivity index (χ4v) is 2.36. The van der Waals surface area contributed by atoms with Crippen LogP contribution in [0.3, 0.4) is 0 Å². The Labute approximate surface area is 161 Å². The topological polar surface area (TPSA) is 90.8 Å². The zero-order valence-corrected chi connectivity index (χ0v) is 16.8. The number of nitrogens with two attached hydrogens (primary N) is 1. The SMILES string of the molecule is CCCC.CNc1c(C)c(-c2cnn(C)c2)nn1-c1ccccc1.NC=O. The van der Waals surface area contributed by atoms with Gasteiger partial charge >= 0.3 is 0 Å². The van der Waals surface area contributed by atoms with Gasteiger partial charge in [-0.1, -0.05) is 44.9 Å². The van der Waals surface area contributed by atoms with Crippen LogP contribution in [0.25, 0.3) is 16.9 Å². The van der Waals surface area contributed by atoms with E-state index in [1.54, 1.807) is 4.68 Å². The molecule has 0 unspecified atom stereocenters. The Morgan fingerprint density at radius 3 is 2.22 bits per heavy atom. The van der Waals surface area contributed by atoms with Crippen molar-refractivity contribution in [1.29, 1.82) is 0 Å². The Hall–Kier alpha value is -3.09. The van der Waals surface area contributed by atoms with Crippen molar-refractivity contribution in [3.05, 3.63) is 48.3 Å². The quantitative estimate of drug-likeness (QED) is 0.687. The molecule has 0 aliphatic carbocycles. The van der Waals surface area contributed by atoms with E-state index in [4.69, 9.17) is 9.89 Å². The molecule has 0 radical (unpaired) electrons. The number of rotatable bonds is 4. The summed E-state index contributed by atoms with van der Waals surface area (Å²) in [5.74, 6) is 0.995. The van der Waals surface area contributed by atoms with E-state index < -0.39 is 0 Å². The molecule has 0 fully saturated rings. The first-order valence-corrected chi connectivity index (χ1v) is 9.01. The molecule has 1 amide bonds. The van der Waals surface area contributed by atoms with Gasteiger partial charge in [-0.25, -0.2) is 4.68 Å². The minimum atomic E-state index is 0.250. The number of amides is 1. The van der Waals surface area contributed by atoms with Gasteiger partial charge in [-0.3, -0.25) is 9.48 Å². The molecular weight excluding hydrogens is 340 g/mol. The van der Waals surface area contributed by atoms with Crippen LogP contribution < -0.4 is 11.1 Å². The molecule has 146 valence electrons. The smallest absolute Gasteiger partial charge is 0.204 e. The number of anilines is 1. The van der Waals surface area contributed by atoms with E-state index in [9.17, 15) is 0 Å². The van der Waals surface area contributed by atoms with Crippen LogP contribution in [-0.4, -0.2) is 33.0 Å². The summed E-state index contributed by atoms with van der Waals surface area (Å²) < 4.78 is 3.72. The van der Waals surface area contributed by atoms with Gasteiger partial charge in [-0.15, -0.1) is 0 Å². The number of para-hydroxylation sites is 1. The third kappa shape index (κ3) is 5.99. The number of benzene rings is 1. The molecule has 0 spiro atoms. The van der Waals surface area contributed by atoms with Gasteiger partial charge < -0.3 is 11.1 Å². The van der Waals surface area contributed by atoms with Crippen LogP contribution in [0.5, 0.6) is 0 Å². The second-order valence-corrected chi connectivity index (χ2v) is 5.86. The predicted octanol–water partition coefficient (Wildman–Crippen LogP) is 3.53. The molecule has 0 aliphatic heterocycles. The normalized spacial score (nSPS) is 9.52. The van der Waals surface area contributed by atoms with E-state index in [0.29, 0.717) is 0 Å². The highest BCUT2D eigenvalue weighted by atomic mass is 16.1. The number of hydrogen-bond acceptors (Lipinski definition) is 4. The average molecular weight is 371 g/mol. The molecule has 0 atom stereocenters. The van der Waals surface area contributed by atoms with E-state index in [1.165, 1.54) is 12.8 Å². The average Bonchev–Trinajstić information content (AvgIpc) is 3.26. The van der Waals surface area contributed by atoms with Crippen molar-refractivity contribution in [3.63, 3.8) is 0 Å². The molecule has 0 saturated carbocycles. The maximum atomic E-state index is 8.58. The standard InChI is InChI=1S/C15H17N5.C4H10.CH3NO/c1-11-14(12-9-17-19(3)10-12)18-20(15(11)16-2)13-7-5-4-6-8-13;1-3-4-2;2-1-3/h4-10,16H,1-3H3;3-4H2,1-2H3;1H,(H2,2,3). The first kappa shape index (κ1) is 22.0. The molecule has 0 bridgehead atoms. The number of primary amides is 1. The van der Waals surface area contributed by atoms with Gasteiger partial charge in [0, 0.05) is 31.4 Å². The van der Waals surface area contributed by atoms with Crippen molar-refractivity contribution in [2.45, 2.75) is 33.6 Å². The third-order valence-corrected chi connectivity index (χ3v) is 3.84. The van der Waals surface area contributed by atoms with Crippen molar-refractivity contribution >= 4 is 12.2 Å². The Morgan fingerprint density at radius 1 is 1.19 bits per heavy atom. The van der Waals surface area contributed by atoms with Gasteiger partial charge in [0.05, 0.1) is 11.9 Å². The summed E-state index contributed by atoms with van der Waals surface area (Å²) in [5, 5.41) is 12.2. The minimum absolute atomic E-state index is 0.250. The number of aromatic nitrogens is 4. The van der Waals surface area contributed by atoms with Crippen LogP contribution in [0, 0.1) is 6.92 Å². The second kappa shape index (κ2) is 11.5. The van der Waals surface area contributed by atoms with Crippen molar-refractivity contribution in [3.8, 4) is 16.9 Å². The Balaban J connectivity index is 0.000000453. The molecular formula is C20H30N6O. The zero-order valence-electron chi connectivity index (χ0n) is 16.8. The molecule has 3 rings (SSSR count). The second-order valence-electron chi connectivity index (χ2n) is 5.86. The summed E-state index contributed by atoms with van der Waals surface area (Å²) in [7, 11) is 3.82.